The van der Waals surface area contributed by atoms with Crippen molar-refractivity contribution < 1.29 is 23.9 Å². The fraction of sp³-hybridized carbons (Fsp3) is 0.500. The molecule has 2 aromatic rings. The van der Waals surface area contributed by atoms with Crippen molar-refractivity contribution >= 4 is 41.1 Å². The van der Waals surface area contributed by atoms with E-state index in [9.17, 15) is 19.2 Å². The molecule has 12 heteroatoms. The average molecular weight is 651 g/mol. The summed E-state index contributed by atoms with van der Waals surface area (Å²) in [4.78, 5) is 56.1. The lowest BCUT2D eigenvalue weighted by Crippen LogP contribution is -2.60. The fourth-order valence-electron chi connectivity index (χ4n) is 6.27. The number of thiocarbonyl (C=S) groups is 1. The van der Waals surface area contributed by atoms with Crippen LogP contribution < -0.4 is 27.0 Å². The van der Waals surface area contributed by atoms with Crippen molar-refractivity contribution in [2.75, 3.05) is 6.54 Å². The summed E-state index contributed by atoms with van der Waals surface area (Å²) < 4.78 is 5.34. The fourth-order valence-corrected chi connectivity index (χ4v) is 6.35. The summed E-state index contributed by atoms with van der Waals surface area (Å²) in [5.41, 5.74) is 6.84. The Bertz CT molecular complexity index is 1350. The Morgan fingerprint density at radius 1 is 0.957 bits per heavy atom. The van der Waals surface area contributed by atoms with Gasteiger partial charge in [0.05, 0.1) is 6.04 Å². The van der Waals surface area contributed by atoms with Gasteiger partial charge in [-0.15, -0.1) is 0 Å². The van der Waals surface area contributed by atoms with E-state index in [1.807, 2.05) is 60.7 Å². The zero-order valence-corrected chi connectivity index (χ0v) is 27.8. The lowest BCUT2D eigenvalue weighted by Gasteiger charge is -2.33. The zero-order chi connectivity index (χ0) is 33.4. The normalized spacial score (nSPS) is 21.8. The molecular weight excluding hydrogens is 604 g/mol. The summed E-state index contributed by atoms with van der Waals surface area (Å²) in [5, 5.41) is 11.8. The van der Waals surface area contributed by atoms with Gasteiger partial charge in [0.2, 0.25) is 17.7 Å². The summed E-state index contributed by atoms with van der Waals surface area (Å²) in [5.74, 6) is -1.46. The van der Waals surface area contributed by atoms with Crippen molar-refractivity contribution in [3.63, 3.8) is 0 Å². The molecule has 0 spiro atoms. The number of hydrogen-bond acceptors (Lipinski definition) is 6. The highest BCUT2D eigenvalue weighted by Crippen LogP contribution is 2.35. The van der Waals surface area contributed by atoms with E-state index >= 15 is 0 Å². The van der Waals surface area contributed by atoms with E-state index in [0.717, 1.165) is 11.1 Å². The molecule has 11 nitrogen and oxygen atoms in total. The molecule has 2 fully saturated rings. The minimum atomic E-state index is -0.971. The SMILES string of the molecule is CC[C@H](NC(=O)OC(C)(C)C)C(=O)N[C@@H]1C(=O)N2[C@@H](CC[C@@H]1CNC(N)=S)CC[C@H]2C(=O)NC(c1ccccc1)c1ccccc1. The second-order valence-electron chi connectivity index (χ2n) is 12.9. The Kier molecular flexibility index (Phi) is 11.6. The van der Waals surface area contributed by atoms with E-state index in [1.54, 1.807) is 32.6 Å². The van der Waals surface area contributed by atoms with Crippen LogP contribution in [-0.4, -0.2) is 70.1 Å². The Labute approximate surface area is 276 Å². The van der Waals surface area contributed by atoms with Crippen molar-refractivity contribution in [1.82, 2.24) is 26.2 Å². The minimum absolute atomic E-state index is 0.0884. The summed E-state index contributed by atoms with van der Waals surface area (Å²) in [6.45, 7) is 7.23. The van der Waals surface area contributed by atoms with Crippen LogP contribution in [0.4, 0.5) is 4.79 Å². The molecule has 248 valence electrons. The molecule has 6 N–H and O–H groups in total. The van der Waals surface area contributed by atoms with Gasteiger partial charge >= 0.3 is 6.09 Å². The van der Waals surface area contributed by atoms with E-state index in [1.165, 1.54) is 0 Å². The first-order valence-electron chi connectivity index (χ1n) is 15.9. The number of rotatable bonds is 10. The largest absolute Gasteiger partial charge is 0.444 e. The molecule has 2 heterocycles. The molecule has 2 aromatic carbocycles. The molecule has 2 aliphatic rings. The van der Waals surface area contributed by atoms with Crippen LogP contribution >= 0.6 is 12.2 Å². The lowest BCUT2D eigenvalue weighted by atomic mass is 9.92. The van der Waals surface area contributed by atoms with Crippen LogP contribution in [0.1, 0.15) is 77.0 Å². The van der Waals surface area contributed by atoms with Crippen molar-refractivity contribution in [3.05, 3.63) is 71.8 Å². The van der Waals surface area contributed by atoms with Gasteiger partial charge in [0.25, 0.3) is 0 Å². The van der Waals surface area contributed by atoms with Gasteiger partial charge in [-0.3, -0.25) is 14.4 Å². The third-order valence-electron chi connectivity index (χ3n) is 8.47. The van der Waals surface area contributed by atoms with Crippen molar-refractivity contribution in [1.29, 1.82) is 0 Å². The van der Waals surface area contributed by atoms with Gasteiger partial charge in [-0.25, -0.2) is 4.79 Å². The Morgan fingerprint density at radius 3 is 2.09 bits per heavy atom. The molecule has 4 amide bonds. The molecular formula is C34H46N6O5S. The Morgan fingerprint density at radius 2 is 1.54 bits per heavy atom. The predicted octanol–water partition coefficient (Wildman–Crippen LogP) is 3.28. The second kappa shape index (κ2) is 15.4. The molecule has 0 aliphatic carbocycles. The number of hydrogen-bond donors (Lipinski definition) is 5. The molecule has 0 unspecified atom stereocenters. The van der Waals surface area contributed by atoms with Gasteiger partial charge in [0.1, 0.15) is 23.7 Å². The first-order valence-corrected chi connectivity index (χ1v) is 16.3. The van der Waals surface area contributed by atoms with Crippen LogP contribution in [0.15, 0.2) is 60.7 Å². The van der Waals surface area contributed by atoms with Crippen molar-refractivity contribution in [2.45, 2.75) is 95.6 Å². The number of nitrogens with one attached hydrogen (secondary N) is 4. The monoisotopic (exact) mass is 650 g/mol. The number of carbonyl (C=O) groups excluding carboxylic acids is 4. The van der Waals surface area contributed by atoms with Crippen LogP contribution in [0.2, 0.25) is 0 Å². The van der Waals surface area contributed by atoms with Gasteiger partial charge < -0.3 is 36.6 Å². The molecule has 2 saturated heterocycles. The maximum atomic E-state index is 14.4. The standard InChI is InChI=1S/C34H46N6O5S/c1-5-25(37-33(44)45-34(2,3)4)29(41)39-28-23(20-36-32(35)46)16-17-24-18-19-26(40(24)31(28)43)30(42)38-27(21-12-8-6-9-13-21)22-14-10-7-11-15-22/h6-15,23-28H,5,16-20H2,1-4H3,(H,37,44)(H,38,42)(H,39,41)(H3,35,36,46)/t23-,24+,25+,26+,28+/m1/s1. The minimum Gasteiger partial charge on any atom is -0.444 e. The van der Waals surface area contributed by atoms with Gasteiger partial charge in [0.15, 0.2) is 5.11 Å². The van der Waals surface area contributed by atoms with Crippen molar-refractivity contribution in [2.24, 2.45) is 11.7 Å². The van der Waals surface area contributed by atoms with E-state index in [4.69, 9.17) is 22.7 Å². The quantitative estimate of drug-likeness (QED) is 0.246. The van der Waals surface area contributed by atoms with Crippen molar-refractivity contribution in [3.8, 4) is 0 Å². The molecule has 0 bridgehead atoms. The van der Waals surface area contributed by atoms with E-state index in [0.29, 0.717) is 25.7 Å². The number of alkyl carbamates (subject to hydrolysis) is 1. The maximum Gasteiger partial charge on any atom is 0.408 e. The number of benzene rings is 2. The Hall–Kier alpha value is -4.19. The Balaban J connectivity index is 1.57. The highest BCUT2D eigenvalue weighted by molar-refractivity contribution is 7.80. The molecule has 0 aromatic heterocycles. The molecule has 4 rings (SSSR count). The summed E-state index contributed by atoms with van der Waals surface area (Å²) in [6.07, 6.45) is 1.97. The van der Waals surface area contributed by atoms with Gasteiger partial charge in [-0.1, -0.05) is 67.6 Å². The molecule has 0 saturated carbocycles. The van der Waals surface area contributed by atoms with Gasteiger partial charge in [0, 0.05) is 18.5 Å². The number of ether oxygens (including phenoxy) is 1. The number of carbonyl (C=O) groups is 4. The van der Waals surface area contributed by atoms with E-state index in [2.05, 4.69) is 21.3 Å². The third kappa shape index (κ3) is 8.96. The summed E-state index contributed by atoms with van der Waals surface area (Å²) >= 11 is 5.03. The summed E-state index contributed by atoms with van der Waals surface area (Å²) in [6, 6.07) is 16.2. The number of nitrogens with zero attached hydrogens (tertiary/aromatic N) is 1. The second-order valence-corrected chi connectivity index (χ2v) is 13.4. The maximum absolute atomic E-state index is 14.4. The number of nitrogens with two attached hydrogens (primary N) is 1. The van der Waals surface area contributed by atoms with Crippen LogP contribution in [0.3, 0.4) is 0 Å². The van der Waals surface area contributed by atoms with Crippen LogP contribution in [-0.2, 0) is 19.1 Å². The topological polar surface area (TPSA) is 155 Å². The zero-order valence-electron chi connectivity index (χ0n) is 27.0. The molecule has 5 atom stereocenters. The smallest absolute Gasteiger partial charge is 0.408 e. The molecule has 0 radical (unpaired) electrons. The van der Waals surface area contributed by atoms with E-state index in [-0.39, 0.29) is 41.9 Å². The van der Waals surface area contributed by atoms with Crippen LogP contribution in [0.25, 0.3) is 0 Å². The average Bonchev–Trinajstić information content (AvgIpc) is 3.40. The molecule has 46 heavy (non-hydrogen) atoms. The lowest BCUT2D eigenvalue weighted by molar-refractivity contribution is -0.143. The first kappa shape index (κ1) is 34.7. The first-order chi connectivity index (χ1) is 21.9. The number of fused-ring (bicyclic) bond motifs is 1. The summed E-state index contributed by atoms with van der Waals surface area (Å²) in [7, 11) is 0. The highest BCUT2D eigenvalue weighted by Gasteiger charge is 2.48. The molecule has 2 aliphatic heterocycles. The van der Waals surface area contributed by atoms with Crippen LogP contribution in [0, 0.1) is 5.92 Å². The number of amides is 4. The predicted molar refractivity (Wildman–Crippen MR) is 179 cm³/mol. The third-order valence-corrected chi connectivity index (χ3v) is 8.62. The highest BCUT2D eigenvalue weighted by atomic mass is 32.1. The van der Waals surface area contributed by atoms with Gasteiger partial charge in [-0.05, 0) is 76.2 Å². The van der Waals surface area contributed by atoms with Crippen LogP contribution in [0.5, 0.6) is 0 Å². The van der Waals surface area contributed by atoms with E-state index < -0.39 is 41.8 Å². The van der Waals surface area contributed by atoms with Gasteiger partial charge in [-0.2, -0.15) is 0 Å².